The minimum absolute atomic E-state index is 0.0870. The quantitative estimate of drug-likeness (QED) is 0.219. The number of benzene rings is 2. The number of nitrogens with one attached hydrogen (secondary N) is 1. The van der Waals surface area contributed by atoms with Crippen LogP contribution in [0.2, 0.25) is 5.02 Å². The summed E-state index contributed by atoms with van der Waals surface area (Å²) >= 11 is 6.40. The monoisotopic (exact) mass is 694 g/mol. The highest BCUT2D eigenvalue weighted by Crippen LogP contribution is 2.46. The number of aryl methyl sites for hydroxylation is 1. The minimum Gasteiger partial charge on any atom is -0.490 e. The molecule has 5 atom stereocenters. The highest BCUT2D eigenvalue weighted by molar-refractivity contribution is 7.91. The zero-order chi connectivity index (χ0) is 34.1. The Hall–Kier alpha value is -3.70. The number of esters is 1. The number of fused-ring (bicyclic) bond motifs is 3. The summed E-state index contributed by atoms with van der Waals surface area (Å²) in [7, 11) is -2.38. The summed E-state index contributed by atoms with van der Waals surface area (Å²) < 4.78 is 37.6. The second-order valence-electron chi connectivity index (χ2n) is 13.6. The molecule has 0 saturated heterocycles. The van der Waals surface area contributed by atoms with Crippen molar-refractivity contribution in [3.63, 3.8) is 0 Å². The van der Waals surface area contributed by atoms with Gasteiger partial charge in [-0.05, 0) is 104 Å². The zero-order valence-corrected chi connectivity index (χ0v) is 29.2. The van der Waals surface area contributed by atoms with E-state index in [0.717, 1.165) is 61.7 Å². The molecule has 12 heteroatoms. The first-order chi connectivity index (χ1) is 23.0. The van der Waals surface area contributed by atoms with Gasteiger partial charge in [-0.15, -0.1) is 0 Å². The highest BCUT2D eigenvalue weighted by Gasteiger charge is 2.43. The fourth-order valence-electron chi connectivity index (χ4n) is 7.47. The molecule has 0 radical (unpaired) electrons. The van der Waals surface area contributed by atoms with E-state index >= 15 is 0 Å². The molecule has 256 valence electrons. The van der Waals surface area contributed by atoms with E-state index < -0.39 is 27.0 Å². The van der Waals surface area contributed by atoms with Crippen molar-refractivity contribution < 1.29 is 27.5 Å². The van der Waals surface area contributed by atoms with Crippen molar-refractivity contribution in [3.8, 4) is 5.75 Å². The van der Waals surface area contributed by atoms with Crippen LogP contribution in [0.5, 0.6) is 5.75 Å². The van der Waals surface area contributed by atoms with E-state index in [2.05, 4.69) is 32.3 Å². The molecule has 1 N–H and O–H groups in total. The number of sulfone groups is 1. The maximum absolute atomic E-state index is 13.0. The third kappa shape index (κ3) is 6.89. The van der Waals surface area contributed by atoms with Crippen LogP contribution < -0.4 is 15.0 Å². The molecule has 48 heavy (non-hydrogen) atoms. The summed E-state index contributed by atoms with van der Waals surface area (Å²) in [5.74, 6) is 0.341. The van der Waals surface area contributed by atoms with Crippen LogP contribution in [0, 0.1) is 17.8 Å². The van der Waals surface area contributed by atoms with Crippen molar-refractivity contribution in [1.82, 2.24) is 15.3 Å². The van der Waals surface area contributed by atoms with Crippen LogP contribution in [-0.2, 0) is 31.2 Å². The van der Waals surface area contributed by atoms with E-state index in [0.29, 0.717) is 24.6 Å². The van der Waals surface area contributed by atoms with Crippen molar-refractivity contribution in [2.75, 3.05) is 38.3 Å². The molecule has 1 spiro atoms. The van der Waals surface area contributed by atoms with Gasteiger partial charge in [0.1, 0.15) is 5.75 Å². The third-order valence-electron chi connectivity index (χ3n) is 10.6. The number of halogens is 1. The van der Waals surface area contributed by atoms with Crippen molar-refractivity contribution in [2.24, 2.45) is 17.8 Å². The van der Waals surface area contributed by atoms with Crippen molar-refractivity contribution >= 4 is 39.0 Å². The van der Waals surface area contributed by atoms with Gasteiger partial charge in [-0.1, -0.05) is 24.6 Å². The van der Waals surface area contributed by atoms with Crippen molar-refractivity contribution in [3.05, 3.63) is 76.6 Å². The molecule has 3 aliphatic rings. The Kier molecular flexibility index (Phi) is 9.99. The fourth-order valence-corrected chi connectivity index (χ4v) is 9.12. The predicted octanol–water partition coefficient (Wildman–Crippen LogP) is 5.42. The molecular weight excluding hydrogens is 652 g/mol. The van der Waals surface area contributed by atoms with Crippen LogP contribution in [0.25, 0.3) is 0 Å². The van der Waals surface area contributed by atoms with E-state index in [4.69, 9.17) is 21.1 Å². The molecule has 1 aliphatic heterocycles. The predicted molar refractivity (Wildman–Crippen MR) is 183 cm³/mol. The summed E-state index contributed by atoms with van der Waals surface area (Å²) in [6.07, 6.45) is 7.88. The van der Waals surface area contributed by atoms with Gasteiger partial charge < -0.3 is 19.7 Å². The van der Waals surface area contributed by atoms with E-state index in [1.54, 1.807) is 26.0 Å². The lowest BCUT2D eigenvalue weighted by Crippen LogP contribution is -2.49. The average Bonchev–Trinajstić information content (AvgIpc) is 3.23. The molecule has 0 bridgehead atoms. The summed E-state index contributed by atoms with van der Waals surface area (Å²) in [6, 6.07) is 13.2. The van der Waals surface area contributed by atoms with Gasteiger partial charge in [0.2, 0.25) is 20.9 Å². The lowest BCUT2D eigenvalue weighted by molar-refractivity contribution is -0.122. The number of carbonyl (C=O) groups excluding carboxylic acids is 2. The maximum Gasteiger partial charge on any atom is 0.337 e. The molecule has 2 heterocycles. The lowest BCUT2D eigenvalue weighted by atomic mass is 9.69. The molecule has 0 unspecified atom stereocenters. The molecule has 2 aliphatic carbocycles. The number of ether oxygens (including phenoxy) is 2. The van der Waals surface area contributed by atoms with Crippen LogP contribution >= 0.6 is 11.6 Å². The number of anilines is 1. The molecule has 1 fully saturated rings. The van der Waals surface area contributed by atoms with Gasteiger partial charge in [-0.25, -0.2) is 23.2 Å². The second kappa shape index (κ2) is 14.0. The summed E-state index contributed by atoms with van der Waals surface area (Å²) in [6.45, 7) is 5.89. The number of hydrogen-bond donors (Lipinski definition) is 1. The maximum atomic E-state index is 13.0. The van der Waals surface area contributed by atoms with E-state index in [-0.39, 0.29) is 28.8 Å². The number of methoxy groups -OCH3 is 1. The lowest BCUT2D eigenvalue weighted by Gasteiger charge is -2.44. The smallest absolute Gasteiger partial charge is 0.337 e. The van der Waals surface area contributed by atoms with E-state index in [1.807, 2.05) is 18.2 Å². The molecule has 1 aromatic heterocycles. The van der Waals surface area contributed by atoms with Gasteiger partial charge in [-0.3, -0.25) is 4.79 Å². The topological polar surface area (TPSA) is 128 Å². The first-order valence-corrected chi connectivity index (χ1v) is 18.6. The Morgan fingerprint density at radius 1 is 1.12 bits per heavy atom. The summed E-state index contributed by atoms with van der Waals surface area (Å²) in [4.78, 5) is 35.8. The summed E-state index contributed by atoms with van der Waals surface area (Å²) in [5.41, 5.74) is 3.63. The Morgan fingerprint density at radius 3 is 2.62 bits per heavy atom. The third-order valence-corrected chi connectivity index (χ3v) is 13.0. The van der Waals surface area contributed by atoms with Crippen molar-refractivity contribution in [1.29, 1.82) is 0 Å². The van der Waals surface area contributed by atoms with Crippen molar-refractivity contribution in [2.45, 2.75) is 68.2 Å². The zero-order valence-electron chi connectivity index (χ0n) is 27.7. The number of nitrogens with zero attached hydrogens (tertiary/aromatic N) is 3. The largest absolute Gasteiger partial charge is 0.490 e. The highest BCUT2D eigenvalue weighted by atomic mass is 35.5. The Labute approximate surface area is 287 Å². The van der Waals surface area contributed by atoms with Gasteiger partial charge in [-0.2, -0.15) is 0 Å². The molecule has 2 aromatic carbocycles. The molecule has 1 amide bonds. The van der Waals surface area contributed by atoms with Gasteiger partial charge in [0, 0.05) is 48.9 Å². The molecular formula is C36H43ClN4O6S. The Bertz CT molecular complexity index is 1770. The van der Waals surface area contributed by atoms with E-state index in [9.17, 15) is 18.0 Å². The first-order valence-electron chi connectivity index (χ1n) is 16.7. The van der Waals surface area contributed by atoms with Gasteiger partial charge in [0.05, 0.1) is 30.2 Å². The number of carbonyl (C=O) groups is 2. The number of amides is 1. The van der Waals surface area contributed by atoms with Crippen LogP contribution in [0.3, 0.4) is 0 Å². The van der Waals surface area contributed by atoms with E-state index in [1.165, 1.54) is 30.6 Å². The van der Waals surface area contributed by atoms with Gasteiger partial charge >= 0.3 is 5.97 Å². The number of hydrogen-bond acceptors (Lipinski definition) is 9. The Balaban J connectivity index is 1.16. The summed E-state index contributed by atoms with van der Waals surface area (Å²) in [5, 5.41) is 2.79. The standard InChI is InChI=1S/C36H43ClN4O6S/c1-23(24(2)48(44,45)35-38-14-5-15-39-35)16-33(42)40-19-27-7-8-28(27)20-41-21-36(13-4-6-25-17-29(37)10-11-30(25)36)22-47-32-12-9-26(18-31(32)41)34(43)46-3/h5,9-12,14-15,17-18,23-24,27-28H,4,6-8,13,16,19-22H2,1-3H3,(H,40,42)/t23-,24+,27-,28-,36-/m0/s1. The molecule has 1 saturated carbocycles. The first kappa shape index (κ1) is 34.2. The van der Waals surface area contributed by atoms with Crippen LogP contribution in [0.4, 0.5) is 5.69 Å². The molecule has 6 rings (SSSR count). The number of rotatable bonds is 10. The van der Waals surface area contributed by atoms with Crippen LogP contribution in [0.15, 0.2) is 60.0 Å². The van der Waals surface area contributed by atoms with Gasteiger partial charge in [0.25, 0.3) is 0 Å². The SMILES string of the molecule is COC(=O)c1ccc2c(c1)N(C[C@@H]1CC[C@H]1CNC(=O)C[C@H](C)[C@@H](C)S(=O)(=O)c1ncccn1)C[C@@]1(CCCc3cc(Cl)ccc31)CO2. The van der Waals surface area contributed by atoms with Crippen LogP contribution in [0.1, 0.15) is 67.4 Å². The van der Waals surface area contributed by atoms with Gasteiger partial charge in [0.15, 0.2) is 0 Å². The second-order valence-corrected chi connectivity index (χ2v) is 16.3. The molecule has 3 aromatic rings. The molecule has 10 nitrogen and oxygen atoms in total. The fraction of sp³-hybridized carbons (Fsp3) is 0.500. The normalized spacial score (nSPS) is 23.0. The Morgan fingerprint density at radius 2 is 1.90 bits per heavy atom. The average molecular weight is 695 g/mol. The number of aromatic nitrogens is 2. The minimum atomic E-state index is -3.76. The van der Waals surface area contributed by atoms with Crippen LogP contribution in [-0.4, -0.2) is 68.9 Å².